The van der Waals surface area contributed by atoms with Crippen molar-refractivity contribution in [2.24, 2.45) is 0 Å². The molecule has 4 heterocycles. The Morgan fingerprint density at radius 3 is 1.62 bits per heavy atom. The Bertz CT molecular complexity index is 3850. The maximum absolute atomic E-state index is 7.14. The van der Waals surface area contributed by atoms with Gasteiger partial charge in [0.25, 0.3) is 0 Å². The second kappa shape index (κ2) is 16.1. The molecule has 0 amide bonds. The van der Waals surface area contributed by atoms with Crippen LogP contribution >= 0.6 is 0 Å². The molecule has 4 heteroatoms. The van der Waals surface area contributed by atoms with Gasteiger partial charge < -0.3 is 13.8 Å². The zero-order chi connectivity index (χ0) is 50.6. The number of fused-ring (bicyclic) bond motifs is 13. The van der Waals surface area contributed by atoms with E-state index in [1.165, 1.54) is 127 Å². The van der Waals surface area contributed by atoms with Crippen molar-refractivity contribution in [1.82, 2.24) is 4.48 Å². The molecule has 0 bridgehead atoms. The lowest BCUT2D eigenvalue weighted by Crippen LogP contribution is -2.56. The number of aromatic nitrogens is 1. The summed E-state index contributed by atoms with van der Waals surface area (Å²) >= 11 is 0. The molecule has 364 valence electrons. The summed E-state index contributed by atoms with van der Waals surface area (Å²) in [4.78, 5) is 2.69. The second-order valence-corrected chi connectivity index (χ2v) is 25.9. The first-order chi connectivity index (χ1) is 34.2. The molecule has 2 aliphatic heterocycles. The van der Waals surface area contributed by atoms with Gasteiger partial charge in [-0.2, -0.15) is 0 Å². The van der Waals surface area contributed by atoms with Gasteiger partial charge in [-0.15, -0.1) is 0 Å². The van der Waals surface area contributed by atoms with Crippen LogP contribution in [-0.4, -0.2) is 11.3 Å². The number of rotatable bonds is 7. The highest BCUT2D eigenvalue weighted by Crippen LogP contribution is 2.52. The molecule has 0 spiro atoms. The van der Waals surface area contributed by atoms with Crippen molar-refractivity contribution in [2.45, 2.75) is 157 Å². The summed E-state index contributed by atoms with van der Waals surface area (Å²) in [5.74, 6) is 0. The minimum atomic E-state index is -0.116. The molecule has 72 heavy (non-hydrogen) atoms. The Morgan fingerprint density at radius 2 is 1.03 bits per heavy atom. The minimum absolute atomic E-state index is 0.0111. The topological polar surface area (TPSA) is 21.3 Å². The van der Waals surface area contributed by atoms with Gasteiger partial charge in [-0.3, -0.25) is 0 Å². The lowest BCUT2D eigenvalue weighted by atomic mass is 9.44. The third kappa shape index (κ3) is 7.04. The van der Waals surface area contributed by atoms with Gasteiger partial charge in [-0.25, -0.2) is 0 Å². The Kier molecular flexibility index (Phi) is 10.5. The number of para-hydroxylation sites is 1. The van der Waals surface area contributed by atoms with E-state index in [4.69, 9.17) is 4.42 Å². The van der Waals surface area contributed by atoms with E-state index in [9.17, 15) is 0 Å². The van der Waals surface area contributed by atoms with Gasteiger partial charge in [0.05, 0.1) is 0 Å². The summed E-state index contributed by atoms with van der Waals surface area (Å²) in [6, 6.07) is 45.9. The van der Waals surface area contributed by atoms with E-state index in [1.807, 2.05) is 0 Å². The fourth-order valence-electron chi connectivity index (χ4n) is 12.7. The van der Waals surface area contributed by atoms with Crippen LogP contribution in [0.3, 0.4) is 0 Å². The van der Waals surface area contributed by atoms with Crippen molar-refractivity contribution in [1.29, 1.82) is 0 Å². The molecule has 2 aromatic heterocycles. The molecule has 8 aromatic carbocycles. The summed E-state index contributed by atoms with van der Waals surface area (Å²) in [5.41, 5.74) is 21.6. The highest BCUT2D eigenvalue weighted by molar-refractivity contribution is 6.90. The molecule has 3 nitrogen and oxygen atoms in total. The molecule has 12 rings (SSSR count). The van der Waals surface area contributed by atoms with E-state index in [1.54, 1.807) is 0 Å². The van der Waals surface area contributed by atoms with Crippen LogP contribution in [0.1, 0.15) is 156 Å². The van der Waals surface area contributed by atoms with Crippen molar-refractivity contribution >= 4 is 100 Å². The van der Waals surface area contributed by atoms with Gasteiger partial charge in [0.15, 0.2) is 0 Å². The summed E-state index contributed by atoms with van der Waals surface area (Å²) in [5, 5.41) is 10.7. The monoisotopic (exact) mass is 945 g/mol. The van der Waals surface area contributed by atoms with Crippen molar-refractivity contribution in [3.63, 3.8) is 0 Å². The van der Waals surface area contributed by atoms with Crippen molar-refractivity contribution in [3.8, 4) is 11.1 Å². The Morgan fingerprint density at radius 1 is 0.472 bits per heavy atom. The van der Waals surface area contributed by atoms with Gasteiger partial charge in [0, 0.05) is 61.3 Å². The lowest BCUT2D eigenvalue weighted by molar-refractivity contribution is 0.568. The first-order valence-electron chi connectivity index (χ1n) is 27.2. The summed E-state index contributed by atoms with van der Waals surface area (Å²) in [6.07, 6.45) is 6.68. The lowest BCUT2D eigenvalue weighted by Gasteiger charge is -2.42. The third-order valence-electron chi connectivity index (χ3n) is 16.8. The average molecular weight is 945 g/mol. The van der Waals surface area contributed by atoms with Crippen LogP contribution in [0, 0.1) is 0 Å². The molecule has 0 aliphatic carbocycles. The maximum atomic E-state index is 7.14. The Labute approximate surface area is 428 Å². The van der Waals surface area contributed by atoms with E-state index >= 15 is 0 Å². The predicted octanol–water partition coefficient (Wildman–Crippen LogP) is 18.3. The normalized spacial score (nSPS) is 14.0. The summed E-state index contributed by atoms with van der Waals surface area (Å²) in [7, 11) is 0. The number of aryl methyl sites for hydroxylation is 2. The smallest absolute Gasteiger partial charge is 0.333 e. The van der Waals surface area contributed by atoms with Crippen LogP contribution in [0.25, 0.3) is 76.4 Å². The number of anilines is 3. The van der Waals surface area contributed by atoms with Crippen LogP contribution in [0.2, 0.25) is 0 Å². The summed E-state index contributed by atoms with van der Waals surface area (Å²) < 4.78 is 9.93. The number of hydrogen-bond acceptors (Lipinski definition) is 2. The average Bonchev–Trinajstić information content (AvgIpc) is 3.87. The predicted molar refractivity (Wildman–Crippen MR) is 314 cm³/mol. The fourth-order valence-corrected chi connectivity index (χ4v) is 12.7. The molecule has 0 saturated carbocycles. The molecule has 0 fully saturated rings. The first kappa shape index (κ1) is 46.8. The van der Waals surface area contributed by atoms with Crippen LogP contribution < -0.4 is 15.8 Å². The zero-order valence-corrected chi connectivity index (χ0v) is 45.6. The molecule has 0 unspecified atom stereocenters. The molecule has 0 saturated heterocycles. The van der Waals surface area contributed by atoms with E-state index in [0.717, 1.165) is 49.7 Å². The van der Waals surface area contributed by atoms with E-state index < -0.39 is 0 Å². The zero-order valence-electron chi connectivity index (χ0n) is 45.6. The van der Waals surface area contributed by atoms with Gasteiger partial charge in [-0.05, 0) is 167 Å². The van der Waals surface area contributed by atoms with E-state index in [2.05, 4.69) is 222 Å². The van der Waals surface area contributed by atoms with Crippen LogP contribution in [0.4, 0.5) is 17.1 Å². The summed E-state index contributed by atoms with van der Waals surface area (Å²) in [6.45, 7) is 33.0. The highest BCUT2D eigenvalue weighted by Gasteiger charge is 2.45. The highest BCUT2D eigenvalue weighted by atomic mass is 16.3. The Hall–Kier alpha value is -6.26. The maximum Gasteiger partial charge on any atom is 0.333 e. The van der Waals surface area contributed by atoms with E-state index in [0.29, 0.717) is 0 Å². The number of furan rings is 1. The van der Waals surface area contributed by atoms with Gasteiger partial charge >= 0.3 is 6.85 Å². The van der Waals surface area contributed by atoms with Crippen molar-refractivity contribution in [2.75, 3.05) is 4.90 Å². The van der Waals surface area contributed by atoms with E-state index in [-0.39, 0.29) is 28.5 Å². The number of benzene rings is 8. The van der Waals surface area contributed by atoms with Gasteiger partial charge in [0.2, 0.25) is 0 Å². The molecule has 10 aromatic rings. The van der Waals surface area contributed by atoms with Crippen molar-refractivity contribution in [3.05, 3.63) is 149 Å². The van der Waals surface area contributed by atoms with Crippen LogP contribution in [0.15, 0.2) is 120 Å². The molecular weight excluding hydrogens is 872 g/mol. The largest absolute Gasteiger partial charge is 0.456 e. The quantitative estimate of drug-likeness (QED) is 0.117. The number of unbranched alkanes of at least 4 members (excludes halogenated alkanes) is 2. The third-order valence-corrected chi connectivity index (χ3v) is 16.8. The number of nitrogens with zero attached hydrogens (tertiary/aromatic N) is 2. The molecule has 0 N–H and O–H groups in total. The fraction of sp³-hybridized carbons (Fsp3) is 0.353. The molecule has 2 aliphatic rings. The molecule has 0 atom stereocenters. The minimum Gasteiger partial charge on any atom is -0.456 e. The van der Waals surface area contributed by atoms with Crippen molar-refractivity contribution < 1.29 is 4.42 Å². The SMILES string of the molecule is CCCCc1c2ccccc2c(CCCC)c2cc3c(cc12)B1c2c(cc4oc5ccccc5c4c2-c2cc(C(C)(C)C)cc4c5cc(C(C)(C)C)ccc5n1c24)N3c1cc(C(C)(C)C)cc(C(C)(C)C)c1. The van der Waals surface area contributed by atoms with Gasteiger partial charge in [0.1, 0.15) is 11.2 Å². The Balaban J connectivity index is 1.34. The van der Waals surface area contributed by atoms with Crippen LogP contribution in [-0.2, 0) is 34.5 Å². The standard InChI is InChI=1S/C68H73BN2O/c1-15-17-23-47-45-25-19-20-26-46(45)48(24-18-16-2)51-38-57-55(37-50(47)51)69-63-58(70(57)44-32-41(66(6,7)8)31-42(33-44)67(9,10)11)39-60-61(49-27-21-22-28-59(49)72-60)62(63)54-36-43(68(12,13)14)35-53-52-34-40(65(3,4)5)29-30-56(52)71(69)64(53)54/h19-22,25-39H,15-18,23-24H2,1-14H3. The molecular formula is C68H73BN2O. The molecule has 0 radical (unpaired) electrons. The first-order valence-corrected chi connectivity index (χ1v) is 27.2. The number of hydrogen-bond donors (Lipinski definition) is 0. The second-order valence-electron chi connectivity index (χ2n) is 25.9. The van der Waals surface area contributed by atoms with Gasteiger partial charge in [-0.1, -0.05) is 170 Å². The van der Waals surface area contributed by atoms with Crippen LogP contribution in [0.5, 0.6) is 0 Å².